The van der Waals surface area contributed by atoms with Gasteiger partial charge in [0.2, 0.25) is 0 Å². The van der Waals surface area contributed by atoms with E-state index >= 15 is 0 Å². The van der Waals surface area contributed by atoms with Gasteiger partial charge in [0.1, 0.15) is 0 Å². The first-order chi connectivity index (χ1) is 8.42. The molecule has 0 saturated heterocycles. The van der Waals surface area contributed by atoms with Gasteiger partial charge in [0.05, 0.1) is 0 Å². The van der Waals surface area contributed by atoms with Crippen molar-refractivity contribution in [2.75, 3.05) is 6.61 Å². The lowest BCUT2D eigenvalue weighted by Crippen LogP contribution is -2.44. The number of aliphatic hydroxyl groups is 1. The highest BCUT2D eigenvalue weighted by molar-refractivity contribution is 5.16. The van der Waals surface area contributed by atoms with Gasteiger partial charge >= 0.3 is 0 Å². The first kappa shape index (κ1) is 15.5. The number of aliphatic hydroxyl groups excluding tert-OH is 1. The zero-order valence-electron chi connectivity index (χ0n) is 12.6. The van der Waals surface area contributed by atoms with E-state index in [-0.39, 0.29) is 6.61 Å². The first-order valence-corrected chi connectivity index (χ1v) is 7.36. The molecule has 2 rings (SSSR count). The summed E-state index contributed by atoms with van der Waals surface area (Å²) < 4.78 is 0. The van der Waals surface area contributed by atoms with Gasteiger partial charge < -0.3 is 5.11 Å². The summed E-state index contributed by atoms with van der Waals surface area (Å²) in [4.78, 5) is 0. The van der Waals surface area contributed by atoms with Crippen LogP contribution in [-0.4, -0.2) is 11.7 Å². The molecule has 0 aliphatic heterocycles. The molecule has 1 saturated carbocycles. The minimum atomic E-state index is 0.250. The molecule has 0 aromatic heterocycles. The van der Waals surface area contributed by atoms with Crippen LogP contribution in [0.15, 0.2) is 23.8 Å². The summed E-state index contributed by atoms with van der Waals surface area (Å²) in [6.45, 7) is 13.4. The second-order valence-electron chi connectivity index (χ2n) is 6.51. The zero-order valence-corrected chi connectivity index (χ0v) is 12.6. The minimum Gasteiger partial charge on any atom is -0.397 e. The number of allylic oxidation sites excluding steroid dienone is 3. The summed E-state index contributed by atoms with van der Waals surface area (Å²) in [5.41, 5.74) is 3.68. The Hall–Kier alpha value is -0.560. The molecular formula is C17H30O. The van der Waals surface area contributed by atoms with E-state index in [0.717, 1.165) is 11.8 Å². The summed E-state index contributed by atoms with van der Waals surface area (Å²) in [6, 6.07) is 0. The van der Waals surface area contributed by atoms with Crippen molar-refractivity contribution < 1.29 is 5.11 Å². The van der Waals surface area contributed by atoms with E-state index in [9.17, 15) is 0 Å². The minimum absolute atomic E-state index is 0.250. The van der Waals surface area contributed by atoms with E-state index in [0.29, 0.717) is 5.41 Å². The van der Waals surface area contributed by atoms with E-state index in [1.165, 1.54) is 37.7 Å². The molecule has 2 aliphatic rings. The first-order valence-electron chi connectivity index (χ1n) is 7.36. The van der Waals surface area contributed by atoms with Crippen LogP contribution in [0.25, 0.3) is 0 Å². The number of fused-ring (bicyclic) bond motifs is 1. The second-order valence-corrected chi connectivity index (χ2v) is 6.51. The lowest BCUT2D eigenvalue weighted by Gasteiger charge is -2.53. The van der Waals surface area contributed by atoms with E-state index in [4.69, 9.17) is 5.11 Å². The van der Waals surface area contributed by atoms with Crippen molar-refractivity contribution in [1.29, 1.82) is 0 Å². The van der Waals surface area contributed by atoms with E-state index < -0.39 is 0 Å². The average Bonchev–Trinajstić information content (AvgIpc) is 2.31. The van der Waals surface area contributed by atoms with Gasteiger partial charge in [-0.25, -0.2) is 0 Å². The molecule has 104 valence electrons. The second kappa shape index (κ2) is 6.56. The Bertz CT molecular complexity index is 312. The van der Waals surface area contributed by atoms with Crippen molar-refractivity contribution >= 4 is 0 Å². The molecule has 0 heterocycles. The van der Waals surface area contributed by atoms with E-state index in [1.54, 1.807) is 12.5 Å². The molecule has 0 bridgehead atoms. The van der Waals surface area contributed by atoms with Crippen molar-refractivity contribution in [3.05, 3.63) is 23.8 Å². The van der Waals surface area contributed by atoms with Gasteiger partial charge in [-0.1, -0.05) is 37.6 Å². The molecule has 1 N–H and O–H groups in total. The molecule has 0 aromatic carbocycles. The quantitative estimate of drug-likeness (QED) is 0.617. The Morgan fingerprint density at radius 2 is 2.00 bits per heavy atom. The van der Waals surface area contributed by atoms with Crippen LogP contribution in [0.3, 0.4) is 0 Å². The van der Waals surface area contributed by atoms with Gasteiger partial charge in [0.15, 0.2) is 0 Å². The Kier molecular flexibility index (Phi) is 5.65. The topological polar surface area (TPSA) is 20.2 Å². The van der Waals surface area contributed by atoms with Gasteiger partial charge in [0, 0.05) is 6.61 Å². The fraction of sp³-hybridized carbons (Fsp3) is 0.765. The van der Waals surface area contributed by atoms with Gasteiger partial charge in [-0.05, 0) is 63.2 Å². The van der Waals surface area contributed by atoms with Crippen LogP contribution in [0.4, 0.5) is 0 Å². The molecule has 1 heteroatoms. The third kappa shape index (κ3) is 3.71. The highest BCUT2D eigenvalue weighted by Gasteiger charge is 2.47. The lowest BCUT2D eigenvalue weighted by atomic mass is 9.52. The molecule has 2 unspecified atom stereocenters. The maximum absolute atomic E-state index is 7.57. The predicted molar refractivity (Wildman–Crippen MR) is 79.5 cm³/mol. The summed E-state index contributed by atoms with van der Waals surface area (Å²) in [7, 11) is 0. The monoisotopic (exact) mass is 250 g/mol. The van der Waals surface area contributed by atoms with Crippen LogP contribution >= 0.6 is 0 Å². The SMILES string of the molecule is C=C1CC/C=C(/C)CCC2C1CC2(C)C.CCO. The van der Waals surface area contributed by atoms with Gasteiger partial charge in [0.25, 0.3) is 0 Å². The van der Waals surface area contributed by atoms with Crippen molar-refractivity contribution in [3.8, 4) is 0 Å². The van der Waals surface area contributed by atoms with Crippen LogP contribution in [-0.2, 0) is 0 Å². The molecule has 0 spiro atoms. The molecule has 0 aromatic rings. The summed E-state index contributed by atoms with van der Waals surface area (Å²) in [5, 5.41) is 7.57. The number of hydrogen-bond acceptors (Lipinski definition) is 1. The molecule has 0 amide bonds. The smallest absolute Gasteiger partial charge is 0.0402 e. The zero-order chi connectivity index (χ0) is 13.8. The van der Waals surface area contributed by atoms with E-state index in [2.05, 4.69) is 33.4 Å². The standard InChI is InChI=1S/C15H24.C2H6O/c1-11-6-5-7-12(2)13-10-15(3,4)14(13)9-8-11;1-2-3/h6,13-14H,2,5,7-10H2,1,3-4H3;3H,2H2,1H3/b11-6-;. The van der Waals surface area contributed by atoms with Gasteiger partial charge in [-0.2, -0.15) is 0 Å². The lowest BCUT2D eigenvalue weighted by molar-refractivity contribution is 0.00384. The van der Waals surface area contributed by atoms with Crippen LogP contribution < -0.4 is 0 Å². The normalized spacial score (nSPS) is 33.4. The Balaban J connectivity index is 0.000000492. The van der Waals surface area contributed by atoms with Crippen molar-refractivity contribution in [2.45, 2.75) is 59.8 Å². The van der Waals surface area contributed by atoms with Gasteiger partial charge in [-0.3, -0.25) is 0 Å². The molecule has 2 atom stereocenters. The van der Waals surface area contributed by atoms with Crippen LogP contribution in [0, 0.1) is 17.3 Å². The van der Waals surface area contributed by atoms with Crippen LogP contribution in [0.2, 0.25) is 0 Å². The van der Waals surface area contributed by atoms with E-state index in [1.807, 2.05) is 0 Å². The highest BCUT2D eigenvalue weighted by Crippen LogP contribution is 2.56. The third-order valence-electron chi connectivity index (χ3n) is 4.57. The largest absolute Gasteiger partial charge is 0.397 e. The summed E-state index contributed by atoms with van der Waals surface area (Å²) in [6.07, 6.45) is 8.90. The average molecular weight is 250 g/mol. The maximum atomic E-state index is 7.57. The van der Waals surface area contributed by atoms with Crippen LogP contribution in [0.5, 0.6) is 0 Å². The molecule has 2 aliphatic carbocycles. The molecular weight excluding hydrogens is 220 g/mol. The predicted octanol–water partition coefficient (Wildman–Crippen LogP) is 4.72. The maximum Gasteiger partial charge on any atom is 0.0402 e. The van der Waals surface area contributed by atoms with Crippen LogP contribution in [0.1, 0.15) is 59.8 Å². The molecule has 1 fully saturated rings. The van der Waals surface area contributed by atoms with Crippen molar-refractivity contribution in [2.24, 2.45) is 17.3 Å². The Labute approximate surface area is 113 Å². The third-order valence-corrected chi connectivity index (χ3v) is 4.57. The fourth-order valence-corrected chi connectivity index (χ4v) is 3.44. The van der Waals surface area contributed by atoms with Crippen molar-refractivity contribution in [3.63, 3.8) is 0 Å². The summed E-state index contributed by atoms with van der Waals surface area (Å²) in [5.74, 6) is 1.73. The van der Waals surface area contributed by atoms with Crippen molar-refractivity contribution in [1.82, 2.24) is 0 Å². The Morgan fingerprint density at radius 1 is 1.39 bits per heavy atom. The molecule has 0 radical (unpaired) electrons. The molecule has 18 heavy (non-hydrogen) atoms. The Morgan fingerprint density at radius 3 is 2.56 bits per heavy atom. The highest BCUT2D eigenvalue weighted by atomic mass is 16.2. The van der Waals surface area contributed by atoms with Gasteiger partial charge in [-0.15, -0.1) is 0 Å². The molecule has 1 nitrogen and oxygen atoms in total. The number of hydrogen-bond donors (Lipinski definition) is 1. The summed E-state index contributed by atoms with van der Waals surface area (Å²) >= 11 is 0. The number of rotatable bonds is 0. The fourth-order valence-electron chi connectivity index (χ4n) is 3.44.